The maximum absolute atomic E-state index is 11.8. The summed E-state index contributed by atoms with van der Waals surface area (Å²) in [6, 6.07) is 0. The number of ether oxygens (including phenoxy) is 1. The van der Waals surface area contributed by atoms with Crippen LogP contribution < -0.4 is 0 Å². The molecule has 8 heteroatoms. The van der Waals surface area contributed by atoms with Crippen LogP contribution in [0.1, 0.15) is 16.9 Å². The number of carbonyl (C=O) groups is 1. The molecule has 20 heavy (non-hydrogen) atoms. The van der Waals surface area contributed by atoms with Crippen LogP contribution in [0.4, 0.5) is 0 Å². The van der Waals surface area contributed by atoms with Crippen molar-refractivity contribution in [2.45, 2.75) is 13.0 Å². The molecule has 2 aromatic rings. The van der Waals surface area contributed by atoms with Crippen molar-refractivity contribution in [2.24, 2.45) is 7.05 Å². The summed E-state index contributed by atoms with van der Waals surface area (Å²) in [5.74, 6) is 0.542. The lowest BCUT2D eigenvalue weighted by molar-refractivity contribution is 0.0595. The molecule has 2 heterocycles. The lowest BCUT2D eigenvalue weighted by Crippen LogP contribution is -2.07. The summed E-state index contributed by atoms with van der Waals surface area (Å²) in [6.07, 6.45) is 6.54. The summed E-state index contributed by atoms with van der Waals surface area (Å²) in [5.41, 5.74) is 1.69. The molecule has 0 saturated carbocycles. The van der Waals surface area contributed by atoms with E-state index in [4.69, 9.17) is 4.74 Å². The van der Waals surface area contributed by atoms with Crippen molar-refractivity contribution in [1.82, 2.24) is 24.8 Å². The molecule has 2 aromatic heterocycles. The first-order chi connectivity index (χ1) is 9.67. The van der Waals surface area contributed by atoms with E-state index in [0.717, 1.165) is 17.7 Å². The van der Waals surface area contributed by atoms with E-state index in [1.54, 1.807) is 27.3 Å². The predicted octanol–water partition coefficient (Wildman–Crippen LogP) is 1.22. The van der Waals surface area contributed by atoms with Gasteiger partial charge in [0.15, 0.2) is 5.69 Å². The Hall–Kier alpha value is -1.83. The first kappa shape index (κ1) is 14.6. The molecule has 0 N–H and O–H groups in total. The lowest BCUT2D eigenvalue weighted by atomic mass is 10.2. The number of rotatable bonds is 6. The van der Waals surface area contributed by atoms with Gasteiger partial charge < -0.3 is 4.74 Å². The third kappa shape index (κ3) is 3.01. The largest absolute Gasteiger partial charge is 0.464 e. The highest BCUT2D eigenvalue weighted by atomic mass is 32.2. The van der Waals surface area contributed by atoms with Crippen LogP contribution in [-0.2, 0) is 18.3 Å². The molecule has 0 saturated heterocycles. The Morgan fingerprint density at radius 2 is 2.30 bits per heavy atom. The third-order valence-electron chi connectivity index (χ3n) is 2.81. The van der Waals surface area contributed by atoms with Gasteiger partial charge in [0.05, 0.1) is 13.3 Å². The van der Waals surface area contributed by atoms with Gasteiger partial charge in [0.25, 0.3) is 0 Å². The topological polar surface area (TPSA) is 74.8 Å². The van der Waals surface area contributed by atoms with Crippen molar-refractivity contribution in [3.05, 3.63) is 18.1 Å². The Morgan fingerprint density at radius 1 is 1.50 bits per heavy atom. The van der Waals surface area contributed by atoms with Gasteiger partial charge in [-0.1, -0.05) is 5.21 Å². The second-order valence-corrected chi connectivity index (χ2v) is 5.24. The monoisotopic (exact) mass is 295 g/mol. The first-order valence-corrected chi connectivity index (χ1v) is 7.56. The molecule has 0 atom stereocenters. The molecule has 108 valence electrons. The molecular formula is C12H17N5O2S. The minimum Gasteiger partial charge on any atom is -0.464 e. The molecule has 0 aromatic carbocycles. The van der Waals surface area contributed by atoms with Gasteiger partial charge in [-0.25, -0.2) is 9.48 Å². The van der Waals surface area contributed by atoms with E-state index in [1.165, 1.54) is 7.11 Å². The van der Waals surface area contributed by atoms with Crippen molar-refractivity contribution in [3.8, 4) is 11.3 Å². The Balaban J connectivity index is 2.37. The van der Waals surface area contributed by atoms with Crippen LogP contribution in [-0.4, -0.2) is 49.9 Å². The second-order valence-electron chi connectivity index (χ2n) is 4.25. The number of thioether (sulfide) groups is 1. The summed E-state index contributed by atoms with van der Waals surface area (Å²) < 4.78 is 8.17. The van der Waals surface area contributed by atoms with Gasteiger partial charge in [-0.3, -0.25) is 4.68 Å². The molecule has 0 unspecified atom stereocenters. The minimum absolute atomic E-state index is 0.227. The van der Waals surface area contributed by atoms with Gasteiger partial charge in [-0.05, 0) is 18.4 Å². The third-order valence-corrected chi connectivity index (χ3v) is 3.51. The average molecular weight is 295 g/mol. The molecule has 0 radical (unpaired) electrons. The summed E-state index contributed by atoms with van der Waals surface area (Å²) >= 11 is 1.77. The second kappa shape index (κ2) is 6.56. The zero-order chi connectivity index (χ0) is 14.5. The minimum atomic E-state index is -0.486. The van der Waals surface area contributed by atoms with E-state index < -0.39 is 5.97 Å². The van der Waals surface area contributed by atoms with Gasteiger partial charge in [0.1, 0.15) is 5.69 Å². The molecule has 0 aliphatic rings. The summed E-state index contributed by atoms with van der Waals surface area (Å²) in [4.78, 5) is 11.8. The Kier molecular flexibility index (Phi) is 4.78. The zero-order valence-electron chi connectivity index (χ0n) is 11.7. The van der Waals surface area contributed by atoms with Crippen molar-refractivity contribution < 1.29 is 9.53 Å². The standard InChI is InChI=1S/C12H17N5O2S/c1-16-8-9(7-13-16)11-10(12(18)19-2)14-15-17(11)5-4-6-20-3/h7-8H,4-6H2,1-3H3. The Morgan fingerprint density at radius 3 is 2.90 bits per heavy atom. The molecule has 0 fully saturated rings. The van der Waals surface area contributed by atoms with Crippen molar-refractivity contribution in [2.75, 3.05) is 19.1 Å². The number of aryl methyl sites for hydroxylation is 2. The Labute approximate surface area is 121 Å². The number of hydrogen-bond donors (Lipinski definition) is 0. The summed E-state index contributed by atoms with van der Waals surface area (Å²) in [6.45, 7) is 0.703. The number of carbonyl (C=O) groups excluding carboxylic acids is 1. The van der Waals surface area contributed by atoms with Crippen LogP contribution in [0.2, 0.25) is 0 Å². The number of nitrogens with zero attached hydrogens (tertiary/aromatic N) is 5. The quantitative estimate of drug-likeness (QED) is 0.589. The van der Waals surface area contributed by atoms with Gasteiger partial charge in [-0.15, -0.1) is 5.10 Å². The maximum atomic E-state index is 11.8. The van der Waals surface area contributed by atoms with Gasteiger partial charge in [0, 0.05) is 25.4 Å². The van der Waals surface area contributed by atoms with Crippen molar-refractivity contribution in [1.29, 1.82) is 0 Å². The predicted molar refractivity (Wildman–Crippen MR) is 76.6 cm³/mol. The molecule has 0 bridgehead atoms. The molecule has 0 spiro atoms. The molecule has 0 aliphatic heterocycles. The number of hydrogen-bond acceptors (Lipinski definition) is 6. The number of aromatic nitrogens is 5. The van der Waals surface area contributed by atoms with Crippen LogP contribution in [0.3, 0.4) is 0 Å². The molecule has 0 amide bonds. The first-order valence-electron chi connectivity index (χ1n) is 6.17. The highest BCUT2D eigenvalue weighted by molar-refractivity contribution is 7.98. The van der Waals surface area contributed by atoms with Crippen molar-refractivity contribution >= 4 is 17.7 Å². The fraction of sp³-hybridized carbons (Fsp3) is 0.500. The van der Waals surface area contributed by atoms with E-state index in [1.807, 2.05) is 13.2 Å². The summed E-state index contributed by atoms with van der Waals surface area (Å²) in [7, 11) is 3.16. The fourth-order valence-electron chi connectivity index (χ4n) is 1.89. The molecule has 0 aliphatic carbocycles. The van der Waals surface area contributed by atoms with Gasteiger partial charge in [0.2, 0.25) is 0 Å². The van der Waals surface area contributed by atoms with Crippen LogP contribution in [0.15, 0.2) is 12.4 Å². The zero-order valence-corrected chi connectivity index (χ0v) is 12.6. The van der Waals surface area contributed by atoms with E-state index in [2.05, 4.69) is 21.7 Å². The van der Waals surface area contributed by atoms with Gasteiger partial charge in [-0.2, -0.15) is 16.9 Å². The Bertz CT molecular complexity index is 592. The highest BCUT2D eigenvalue weighted by Gasteiger charge is 2.22. The van der Waals surface area contributed by atoms with Crippen LogP contribution in [0, 0.1) is 0 Å². The number of methoxy groups -OCH3 is 1. The molecule has 2 rings (SSSR count). The van der Waals surface area contributed by atoms with Gasteiger partial charge >= 0.3 is 5.97 Å². The fourth-order valence-corrected chi connectivity index (χ4v) is 2.31. The van der Waals surface area contributed by atoms with E-state index in [-0.39, 0.29) is 5.69 Å². The lowest BCUT2D eigenvalue weighted by Gasteiger charge is -2.05. The van der Waals surface area contributed by atoms with Crippen LogP contribution in [0.25, 0.3) is 11.3 Å². The van der Waals surface area contributed by atoms with E-state index in [9.17, 15) is 4.79 Å². The van der Waals surface area contributed by atoms with Crippen molar-refractivity contribution in [3.63, 3.8) is 0 Å². The average Bonchev–Trinajstić information content (AvgIpc) is 3.04. The normalized spacial score (nSPS) is 10.8. The van der Waals surface area contributed by atoms with E-state index >= 15 is 0 Å². The van der Waals surface area contributed by atoms with E-state index in [0.29, 0.717) is 12.2 Å². The number of esters is 1. The van der Waals surface area contributed by atoms with Crippen LogP contribution >= 0.6 is 11.8 Å². The highest BCUT2D eigenvalue weighted by Crippen LogP contribution is 2.22. The summed E-state index contributed by atoms with van der Waals surface area (Å²) in [5, 5.41) is 12.1. The van der Waals surface area contributed by atoms with Crippen LogP contribution in [0.5, 0.6) is 0 Å². The smallest absolute Gasteiger partial charge is 0.360 e. The maximum Gasteiger partial charge on any atom is 0.360 e. The molecular weight excluding hydrogens is 278 g/mol. The SMILES string of the molecule is COC(=O)c1nnn(CCCSC)c1-c1cnn(C)c1. The molecule has 7 nitrogen and oxygen atoms in total.